The molecule has 0 unspecified atom stereocenters. The number of nitro benzene ring substituents is 1. The van der Waals surface area contributed by atoms with E-state index in [1.165, 1.54) is 37.5 Å². The van der Waals surface area contributed by atoms with Crippen LogP contribution in [0.1, 0.15) is 19.3 Å². The lowest BCUT2D eigenvalue weighted by Crippen LogP contribution is -2.24. The molecule has 1 saturated heterocycles. The van der Waals surface area contributed by atoms with Crippen molar-refractivity contribution < 1.29 is 4.92 Å². The van der Waals surface area contributed by atoms with Crippen molar-refractivity contribution in [2.45, 2.75) is 19.3 Å². The molecule has 1 aliphatic heterocycles. The van der Waals surface area contributed by atoms with E-state index in [1.807, 2.05) is 6.07 Å². The molecular weight excluding hydrogens is 238 g/mol. The zero-order chi connectivity index (χ0) is 12.1. The maximum atomic E-state index is 10.6. The van der Waals surface area contributed by atoms with Gasteiger partial charge in [-0.1, -0.05) is 12.5 Å². The monoisotopic (exact) mass is 253 g/mol. The molecule has 0 aromatic heterocycles. The normalized spacial score (nSPS) is 16.7. The van der Waals surface area contributed by atoms with Gasteiger partial charge in [0, 0.05) is 37.4 Å². The lowest BCUT2D eigenvalue weighted by Gasteiger charge is -2.24. The summed E-state index contributed by atoms with van der Waals surface area (Å²) in [4.78, 5) is 10.2. The summed E-state index contributed by atoms with van der Waals surface area (Å²) < 4.78 is 5.40. The van der Waals surface area contributed by atoms with E-state index in [2.05, 4.69) is 9.03 Å². The minimum Gasteiger partial charge on any atom is -0.316 e. The van der Waals surface area contributed by atoms with Gasteiger partial charge in [0.25, 0.3) is 5.69 Å². The lowest BCUT2D eigenvalue weighted by atomic mass is 10.2. The van der Waals surface area contributed by atoms with E-state index in [9.17, 15) is 10.1 Å². The van der Waals surface area contributed by atoms with E-state index in [4.69, 9.17) is 0 Å². The summed E-state index contributed by atoms with van der Waals surface area (Å²) in [6.07, 6.45) is 3.75. The van der Waals surface area contributed by atoms with Crippen molar-refractivity contribution in [3.63, 3.8) is 0 Å². The van der Waals surface area contributed by atoms with Crippen molar-refractivity contribution >= 4 is 23.5 Å². The molecule has 1 N–H and O–H groups in total. The molecule has 0 amide bonds. The molecule has 0 aliphatic carbocycles. The first-order valence-corrected chi connectivity index (χ1v) is 6.45. The van der Waals surface area contributed by atoms with Gasteiger partial charge < -0.3 is 4.72 Å². The van der Waals surface area contributed by atoms with Gasteiger partial charge in [0.1, 0.15) is 0 Å². The lowest BCUT2D eigenvalue weighted by molar-refractivity contribution is -0.384. The van der Waals surface area contributed by atoms with E-state index in [1.54, 1.807) is 12.1 Å². The summed E-state index contributed by atoms with van der Waals surface area (Å²) in [7, 11) is 0. The molecule has 1 aromatic rings. The van der Waals surface area contributed by atoms with Crippen LogP contribution in [0.4, 0.5) is 11.4 Å². The number of anilines is 1. The molecule has 0 atom stereocenters. The highest BCUT2D eigenvalue weighted by molar-refractivity contribution is 7.98. The number of hydrogen-bond acceptors (Lipinski definition) is 5. The van der Waals surface area contributed by atoms with Crippen molar-refractivity contribution in [2.75, 3.05) is 17.8 Å². The molecule has 17 heavy (non-hydrogen) atoms. The van der Waals surface area contributed by atoms with Gasteiger partial charge in [-0.2, -0.15) is 0 Å². The number of nitro groups is 1. The number of rotatable bonds is 4. The average molecular weight is 253 g/mol. The standard InChI is InChI=1S/C11H15N3O2S/c15-14(16)11-6-4-5-10(9-11)12-17-13-7-2-1-3-8-13/h4-6,9,12H,1-3,7-8H2. The van der Waals surface area contributed by atoms with E-state index < -0.39 is 0 Å². The Labute approximate surface area is 105 Å². The topological polar surface area (TPSA) is 58.4 Å². The number of benzene rings is 1. The zero-order valence-corrected chi connectivity index (χ0v) is 10.3. The number of piperidine rings is 1. The van der Waals surface area contributed by atoms with Crippen LogP contribution in [-0.4, -0.2) is 22.3 Å². The van der Waals surface area contributed by atoms with Crippen LogP contribution in [0.2, 0.25) is 0 Å². The van der Waals surface area contributed by atoms with E-state index in [-0.39, 0.29) is 10.6 Å². The predicted octanol–water partition coefficient (Wildman–Crippen LogP) is 3.06. The summed E-state index contributed by atoms with van der Waals surface area (Å²) in [5.41, 5.74) is 0.893. The third-order valence-electron chi connectivity index (χ3n) is 2.66. The highest BCUT2D eigenvalue weighted by atomic mass is 32.2. The summed E-state index contributed by atoms with van der Waals surface area (Å²) in [6, 6.07) is 6.58. The van der Waals surface area contributed by atoms with E-state index in [0.717, 1.165) is 18.8 Å². The van der Waals surface area contributed by atoms with Gasteiger partial charge in [-0.25, -0.2) is 4.31 Å². The molecule has 1 fully saturated rings. The molecular formula is C11H15N3O2S. The van der Waals surface area contributed by atoms with E-state index in [0.29, 0.717) is 0 Å². The van der Waals surface area contributed by atoms with Gasteiger partial charge in [-0.15, -0.1) is 0 Å². The van der Waals surface area contributed by atoms with Crippen LogP contribution in [0.15, 0.2) is 24.3 Å². The quantitative estimate of drug-likeness (QED) is 0.507. The van der Waals surface area contributed by atoms with Crippen molar-refractivity contribution in [3.8, 4) is 0 Å². The van der Waals surface area contributed by atoms with Crippen molar-refractivity contribution in [1.29, 1.82) is 0 Å². The third kappa shape index (κ3) is 3.61. The predicted molar refractivity (Wildman–Crippen MR) is 69.7 cm³/mol. The Morgan fingerprint density at radius 2 is 2.06 bits per heavy atom. The van der Waals surface area contributed by atoms with Crippen molar-refractivity contribution in [2.24, 2.45) is 0 Å². The van der Waals surface area contributed by atoms with Gasteiger partial charge in [0.15, 0.2) is 0 Å². The van der Waals surface area contributed by atoms with Crippen molar-refractivity contribution in [3.05, 3.63) is 34.4 Å². The molecule has 6 heteroatoms. The first-order valence-electron chi connectivity index (χ1n) is 5.68. The first-order chi connectivity index (χ1) is 8.25. The Kier molecular flexibility index (Phi) is 4.22. The SMILES string of the molecule is O=[N+]([O-])c1cccc(NSN2CCCCC2)c1. The summed E-state index contributed by atoms with van der Waals surface area (Å²) in [5.74, 6) is 0. The molecule has 2 rings (SSSR count). The fraction of sp³-hybridized carbons (Fsp3) is 0.455. The second kappa shape index (κ2) is 5.88. The first kappa shape index (κ1) is 12.2. The molecule has 1 heterocycles. The van der Waals surface area contributed by atoms with Crippen LogP contribution in [0.3, 0.4) is 0 Å². The molecule has 5 nitrogen and oxygen atoms in total. The second-order valence-corrected chi connectivity index (χ2v) is 4.89. The Morgan fingerprint density at radius 1 is 1.29 bits per heavy atom. The minimum absolute atomic E-state index is 0.120. The fourth-order valence-corrected chi connectivity index (χ4v) is 2.56. The molecule has 0 bridgehead atoms. The average Bonchev–Trinajstić information content (AvgIpc) is 2.38. The summed E-state index contributed by atoms with van der Waals surface area (Å²) in [6.45, 7) is 2.15. The molecule has 0 spiro atoms. The summed E-state index contributed by atoms with van der Waals surface area (Å²) >= 11 is 1.53. The van der Waals surface area contributed by atoms with Gasteiger partial charge in [0.2, 0.25) is 0 Å². The zero-order valence-electron chi connectivity index (χ0n) is 9.46. The fourth-order valence-electron chi connectivity index (χ4n) is 1.76. The van der Waals surface area contributed by atoms with Gasteiger partial charge in [0.05, 0.1) is 10.6 Å². The maximum Gasteiger partial charge on any atom is 0.271 e. The van der Waals surface area contributed by atoms with Crippen LogP contribution in [0.25, 0.3) is 0 Å². The molecule has 1 aliphatic rings. The Morgan fingerprint density at radius 3 is 2.76 bits per heavy atom. The van der Waals surface area contributed by atoms with Crippen LogP contribution in [0.5, 0.6) is 0 Å². The van der Waals surface area contributed by atoms with Gasteiger partial charge in [-0.3, -0.25) is 10.1 Å². The molecule has 0 saturated carbocycles. The Balaban J connectivity index is 1.89. The Bertz CT molecular complexity index is 394. The van der Waals surface area contributed by atoms with Gasteiger partial charge >= 0.3 is 0 Å². The van der Waals surface area contributed by atoms with Crippen LogP contribution < -0.4 is 4.72 Å². The molecule has 0 radical (unpaired) electrons. The number of hydrogen-bond donors (Lipinski definition) is 1. The summed E-state index contributed by atoms with van der Waals surface area (Å²) in [5, 5.41) is 10.6. The van der Waals surface area contributed by atoms with Crippen molar-refractivity contribution in [1.82, 2.24) is 4.31 Å². The number of nitrogens with one attached hydrogen (secondary N) is 1. The van der Waals surface area contributed by atoms with Crippen LogP contribution in [-0.2, 0) is 0 Å². The van der Waals surface area contributed by atoms with E-state index >= 15 is 0 Å². The number of non-ortho nitro benzene ring substituents is 1. The van der Waals surface area contributed by atoms with Crippen LogP contribution >= 0.6 is 12.1 Å². The second-order valence-electron chi connectivity index (χ2n) is 3.99. The molecule has 92 valence electrons. The largest absolute Gasteiger partial charge is 0.316 e. The third-order valence-corrected chi connectivity index (χ3v) is 3.61. The highest BCUT2D eigenvalue weighted by Crippen LogP contribution is 2.23. The highest BCUT2D eigenvalue weighted by Gasteiger charge is 2.11. The maximum absolute atomic E-state index is 10.6. The number of nitrogens with zero attached hydrogens (tertiary/aromatic N) is 2. The smallest absolute Gasteiger partial charge is 0.271 e. The Hall–Kier alpha value is -1.27. The minimum atomic E-state index is -0.378. The van der Waals surface area contributed by atoms with Crippen LogP contribution in [0, 0.1) is 10.1 Å². The van der Waals surface area contributed by atoms with Gasteiger partial charge in [-0.05, 0) is 18.9 Å². The molecule has 1 aromatic carbocycles.